The molecule has 0 unspecified atom stereocenters. The number of nitrogens with zero attached hydrogens (tertiary/aromatic N) is 5. The Labute approximate surface area is 395 Å². The predicted molar refractivity (Wildman–Crippen MR) is 282 cm³/mol. The van der Waals surface area contributed by atoms with Crippen LogP contribution in [0.25, 0.3) is 111 Å². The molecule has 0 amide bonds. The number of benzene rings is 9. The van der Waals surface area contributed by atoms with Gasteiger partial charge in [-0.3, -0.25) is 0 Å². The predicted octanol–water partition coefficient (Wildman–Crippen LogP) is 16.1. The average Bonchev–Trinajstić information content (AvgIpc) is 3.88. The van der Waals surface area contributed by atoms with Gasteiger partial charge in [-0.15, -0.1) is 0 Å². The van der Waals surface area contributed by atoms with Crippen molar-refractivity contribution in [3.8, 4) is 73.6 Å². The maximum Gasteiger partial charge on any atom is 0.162 e. The van der Waals surface area contributed by atoms with E-state index < -0.39 is 0 Å². The molecule has 0 aliphatic heterocycles. The molecule has 0 aliphatic carbocycles. The molecule has 0 radical (unpaired) electrons. The Kier molecular flexibility index (Phi) is 9.71. The fraction of sp³-hybridized carbons (Fsp3) is 0.0635. The molecule has 12 aromatic rings. The van der Waals surface area contributed by atoms with Crippen LogP contribution in [0, 0.1) is 39.0 Å². The summed E-state index contributed by atoms with van der Waals surface area (Å²) in [5.74, 6) is 0.557. The molecule has 0 bridgehead atoms. The van der Waals surface area contributed by atoms with Gasteiger partial charge in [-0.25, -0.2) is 9.97 Å². The van der Waals surface area contributed by atoms with Crippen LogP contribution in [0.5, 0.6) is 0 Å². The Bertz CT molecular complexity index is 3920. The van der Waals surface area contributed by atoms with Gasteiger partial charge in [0.1, 0.15) is 6.07 Å². The number of aryl methyl sites for hydroxylation is 4. The van der Waals surface area contributed by atoms with Gasteiger partial charge < -0.3 is 9.13 Å². The highest BCUT2D eigenvalue weighted by Gasteiger charge is 2.24. The maximum absolute atomic E-state index is 11.4. The zero-order valence-corrected chi connectivity index (χ0v) is 38.3. The van der Waals surface area contributed by atoms with Crippen LogP contribution in [0.4, 0.5) is 0 Å². The largest absolute Gasteiger partial charge is 0.308 e. The highest BCUT2D eigenvalue weighted by atomic mass is 15.0. The number of aromatic nitrogens is 4. The van der Waals surface area contributed by atoms with Crippen LogP contribution in [-0.2, 0) is 0 Å². The van der Waals surface area contributed by atoms with E-state index in [1.165, 1.54) is 33.4 Å². The third-order valence-corrected chi connectivity index (χ3v) is 13.3. The van der Waals surface area contributed by atoms with Gasteiger partial charge in [0, 0.05) is 38.2 Å². The number of nitriles is 1. The van der Waals surface area contributed by atoms with Crippen LogP contribution >= 0.6 is 0 Å². The number of para-hydroxylation sites is 2. The Morgan fingerprint density at radius 1 is 0.353 bits per heavy atom. The Balaban J connectivity index is 1.17. The number of fused-ring (bicyclic) bond motifs is 6. The van der Waals surface area contributed by atoms with Crippen molar-refractivity contribution >= 4 is 43.6 Å². The molecule has 68 heavy (non-hydrogen) atoms. The van der Waals surface area contributed by atoms with Gasteiger partial charge in [-0.1, -0.05) is 168 Å². The summed E-state index contributed by atoms with van der Waals surface area (Å²) in [5.41, 5.74) is 20.1. The summed E-state index contributed by atoms with van der Waals surface area (Å²) in [6.45, 7) is 8.60. The molecule has 5 heteroatoms. The number of hydrogen-bond acceptors (Lipinski definition) is 3. The molecule has 5 nitrogen and oxygen atoms in total. The SMILES string of the molecule is Cc1cc(C)cc(-c2ccc3c(c2)c2ccccc2n3-c2cc(-c3nc(-c4ccccc4)cc(-c4ccccc4)n3)c(-n3c4ccccc4c4cc(-c5cc(C)cc(C)c5)ccc43)cc2C#N)c1. The molecule has 0 atom stereocenters. The molecular formula is C63H45N5. The van der Waals surface area contributed by atoms with Gasteiger partial charge in [0.25, 0.3) is 0 Å². The van der Waals surface area contributed by atoms with Gasteiger partial charge in [-0.2, -0.15) is 5.26 Å². The monoisotopic (exact) mass is 871 g/mol. The molecule has 9 aromatic carbocycles. The van der Waals surface area contributed by atoms with Crippen molar-refractivity contribution in [1.29, 1.82) is 5.26 Å². The Morgan fingerprint density at radius 3 is 1.25 bits per heavy atom. The van der Waals surface area contributed by atoms with E-state index in [1.807, 2.05) is 36.4 Å². The van der Waals surface area contributed by atoms with E-state index in [-0.39, 0.29) is 0 Å². The summed E-state index contributed by atoms with van der Waals surface area (Å²) in [6.07, 6.45) is 0. The van der Waals surface area contributed by atoms with Crippen LogP contribution in [0.3, 0.4) is 0 Å². The van der Waals surface area contributed by atoms with Crippen molar-refractivity contribution in [3.05, 3.63) is 228 Å². The van der Waals surface area contributed by atoms with Crippen molar-refractivity contribution in [2.75, 3.05) is 0 Å². The lowest BCUT2D eigenvalue weighted by atomic mass is 9.99. The molecule has 322 valence electrons. The smallest absolute Gasteiger partial charge is 0.162 e. The van der Waals surface area contributed by atoms with E-state index in [9.17, 15) is 5.26 Å². The molecule has 0 saturated carbocycles. The van der Waals surface area contributed by atoms with E-state index in [2.05, 4.69) is 207 Å². The normalized spacial score (nSPS) is 11.5. The average molecular weight is 872 g/mol. The minimum atomic E-state index is 0.532. The second kappa shape index (κ2) is 16.2. The summed E-state index contributed by atoms with van der Waals surface area (Å²) in [7, 11) is 0. The standard InChI is InChI=1S/C63H45N5/c1-39-27-40(2)30-47(29-39)45-23-25-59-52(33-45)50-19-11-13-21-57(50)67(59)61-36-54(63-65-55(43-15-7-5-8-16-43)37-56(66-63)44-17-9-6-10-18-44)62(35-49(61)38-64)68-58-22-14-12-20-51(58)53-34-46(24-26-60(53)68)48-31-41(3)28-42(4)32-48/h5-37H,1-4H3. The first-order chi connectivity index (χ1) is 33.3. The molecular weight excluding hydrogens is 827 g/mol. The lowest BCUT2D eigenvalue weighted by Crippen LogP contribution is -2.06. The number of rotatable bonds is 7. The molecule has 12 rings (SSSR count). The van der Waals surface area contributed by atoms with Crippen LogP contribution in [0.2, 0.25) is 0 Å². The molecule has 0 spiro atoms. The van der Waals surface area contributed by atoms with Gasteiger partial charge in [0.05, 0.1) is 50.4 Å². The molecule has 0 saturated heterocycles. The Hall–Kier alpha value is -8.85. The molecule has 0 aliphatic rings. The van der Waals surface area contributed by atoms with Crippen molar-refractivity contribution in [3.63, 3.8) is 0 Å². The van der Waals surface area contributed by atoms with Crippen LogP contribution in [0.15, 0.2) is 200 Å². The summed E-state index contributed by atoms with van der Waals surface area (Å²) < 4.78 is 4.56. The van der Waals surface area contributed by atoms with E-state index in [0.717, 1.165) is 94.2 Å². The summed E-state index contributed by atoms with van der Waals surface area (Å²) >= 11 is 0. The summed E-state index contributed by atoms with van der Waals surface area (Å²) in [4.78, 5) is 10.9. The lowest BCUT2D eigenvalue weighted by Gasteiger charge is -2.19. The fourth-order valence-electron chi connectivity index (χ4n) is 10.4. The maximum atomic E-state index is 11.4. The van der Waals surface area contributed by atoms with Gasteiger partial charge in [-0.05, 0) is 105 Å². The van der Waals surface area contributed by atoms with Crippen LogP contribution in [0.1, 0.15) is 27.8 Å². The van der Waals surface area contributed by atoms with Crippen molar-refractivity contribution < 1.29 is 0 Å². The topological polar surface area (TPSA) is 59.4 Å². The van der Waals surface area contributed by atoms with Crippen LogP contribution < -0.4 is 0 Å². The zero-order valence-electron chi connectivity index (χ0n) is 38.3. The molecule has 0 N–H and O–H groups in total. The first kappa shape index (κ1) is 40.6. The van der Waals surface area contributed by atoms with Crippen molar-refractivity contribution in [1.82, 2.24) is 19.1 Å². The second-order valence-electron chi connectivity index (χ2n) is 18.1. The summed E-state index contributed by atoms with van der Waals surface area (Å²) in [5, 5.41) is 15.9. The highest BCUT2D eigenvalue weighted by molar-refractivity contribution is 6.12. The first-order valence-corrected chi connectivity index (χ1v) is 23.1. The fourth-order valence-corrected chi connectivity index (χ4v) is 10.4. The third-order valence-electron chi connectivity index (χ3n) is 13.3. The zero-order chi connectivity index (χ0) is 46.0. The number of hydrogen-bond donors (Lipinski definition) is 0. The van der Waals surface area contributed by atoms with E-state index in [1.54, 1.807) is 0 Å². The molecule has 3 aromatic heterocycles. The third kappa shape index (κ3) is 6.94. The first-order valence-electron chi connectivity index (χ1n) is 23.1. The van der Waals surface area contributed by atoms with Crippen LogP contribution in [-0.4, -0.2) is 19.1 Å². The minimum Gasteiger partial charge on any atom is -0.308 e. The minimum absolute atomic E-state index is 0.532. The van der Waals surface area contributed by atoms with E-state index >= 15 is 0 Å². The quantitative estimate of drug-likeness (QED) is 0.160. The van der Waals surface area contributed by atoms with Gasteiger partial charge >= 0.3 is 0 Å². The van der Waals surface area contributed by atoms with Gasteiger partial charge in [0.2, 0.25) is 0 Å². The second-order valence-corrected chi connectivity index (χ2v) is 18.1. The molecule has 3 heterocycles. The molecule has 0 fully saturated rings. The van der Waals surface area contributed by atoms with E-state index in [0.29, 0.717) is 11.4 Å². The van der Waals surface area contributed by atoms with Crippen molar-refractivity contribution in [2.45, 2.75) is 27.7 Å². The van der Waals surface area contributed by atoms with Crippen molar-refractivity contribution in [2.24, 2.45) is 0 Å². The van der Waals surface area contributed by atoms with E-state index in [4.69, 9.17) is 9.97 Å². The highest BCUT2D eigenvalue weighted by Crippen LogP contribution is 2.42. The lowest BCUT2D eigenvalue weighted by molar-refractivity contribution is 1.11. The van der Waals surface area contributed by atoms with Gasteiger partial charge in [0.15, 0.2) is 5.82 Å². The Morgan fingerprint density at radius 2 is 0.779 bits per heavy atom. The summed E-state index contributed by atoms with van der Waals surface area (Å²) in [6, 6.07) is 73.5.